The van der Waals surface area contributed by atoms with Gasteiger partial charge in [-0.3, -0.25) is 0 Å². The molecule has 0 aromatic heterocycles. The van der Waals surface area contributed by atoms with Crippen LogP contribution in [0.15, 0.2) is 0 Å². The zero-order valence-corrected chi connectivity index (χ0v) is 3.00. The van der Waals surface area contributed by atoms with Crippen molar-refractivity contribution in [1.82, 2.24) is 10.3 Å². The van der Waals surface area contributed by atoms with Crippen LogP contribution < -0.4 is 10.3 Å². The van der Waals surface area contributed by atoms with E-state index in [0.29, 0.717) is 0 Å². The normalized spacial score (nSPS) is 24.0. The second kappa shape index (κ2) is 0.781. The van der Waals surface area contributed by atoms with Gasteiger partial charge in [-0.05, 0) is 0 Å². The summed E-state index contributed by atoms with van der Waals surface area (Å²) in [6, 6.07) is 0. The van der Waals surface area contributed by atoms with Gasteiger partial charge < -0.3 is 10.3 Å². The molecule has 0 atom stereocenters. The summed E-state index contributed by atoms with van der Waals surface area (Å²) in [5.74, 6) is 0. The van der Waals surface area contributed by atoms with Crippen LogP contribution in [0.5, 0.6) is 0 Å². The molecule has 0 unspecified atom stereocenters. The highest BCUT2D eigenvalue weighted by molar-refractivity contribution is 6.65. The SMILES string of the molecule is [BH2-]1N[BH2-]N1. The molecule has 4 heavy (non-hydrogen) atoms. The molecule has 1 aliphatic rings. The van der Waals surface area contributed by atoms with Gasteiger partial charge in [-0.25, -0.2) is 0 Å². The standard InChI is InChI=1S/B2H6N2/c1-3-2-4-1/h3-4H,1-2H2/q-2. The molecule has 0 spiro atoms. The number of hydrogen-bond donors (Lipinski definition) is 2. The molecule has 0 radical (unpaired) electrons. The van der Waals surface area contributed by atoms with E-state index in [0.717, 1.165) is 0 Å². The minimum atomic E-state index is 0.250. The first-order chi connectivity index (χ1) is 2.00. The monoisotopic (exact) mass is 56.1 g/mol. The molecule has 2 nitrogen and oxygen atoms in total. The Hall–Kier alpha value is 0.0499. The molecule has 1 saturated heterocycles. The van der Waals surface area contributed by atoms with Gasteiger partial charge >= 0.3 is 0 Å². The highest BCUT2D eigenvalue weighted by Crippen LogP contribution is 1.46. The van der Waals surface area contributed by atoms with Gasteiger partial charge in [-0.15, -0.1) is 0 Å². The van der Waals surface area contributed by atoms with E-state index in [4.69, 9.17) is 0 Å². The molecule has 1 aliphatic heterocycles. The van der Waals surface area contributed by atoms with E-state index in [9.17, 15) is 0 Å². The maximum Gasteiger partial charge on any atom is 0.0206 e. The van der Waals surface area contributed by atoms with Crippen LogP contribution in [0, 0.1) is 0 Å². The van der Waals surface area contributed by atoms with E-state index in [2.05, 4.69) is 10.3 Å². The molecular formula is H6B2N2-2. The predicted molar refractivity (Wildman–Crippen MR) is 23.4 cm³/mol. The van der Waals surface area contributed by atoms with Gasteiger partial charge in [-0.1, -0.05) is 0 Å². The zero-order valence-electron chi connectivity index (χ0n) is 3.00. The van der Waals surface area contributed by atoms with Crippen molar-refractivity contribution in [3.63, 3.8) is 0 Å². The molecular weight excluding hydrogens is 49.6 g/mol. The van der Waals surface area contributed by atoms with Gasteiger partial charge in [0.1, 0.15) is 0 Å². The van der Waals surface area contributed by atoms with Crippen molar-refractivity contribution in [3.05, 3.63) is 0 Å². The topological polar surface area (TPSA) is 24.1 Å². The molecule has 1 rings (SSSR count). The maximum absolute atomic E-state index is 3.25. The van der Waals surface area contributed by atoms with Crippen molar-refractivity contribution in [2.45, 2.75) is 0 Å². The van der Waals surface area contributed by atoms with Crippen molar-refractivity contribution < 1.29 is 0 Å². The quantitative estimate of drug-likeness (QED) is 0.292. The number of nitrogens with one attached hydrogen (secondary N) is 2. The highest BCUT2D eigenvalue weighted by atomic mass is 15.0. The van der Waals surface area contributed by atoms with Crippen LogP contribution in [0.3, 0.4) is 0 Å². The van der Waals surface area contributed by atoms with Crippen LogP contribution in [0.2, 0.25) is 0 Å². The highest BCUT2D eigenvalue weighted by Gasteiger charge is 1.71. The van der Waals surface area contributed by atoms with Crippen LogP contribution in [0.4, 0.5) is 0 Å². The van der Waals surface area contributed by atoms with Gasteiger partial charge in [-0.2, -0.15) is 0 Å². The van der Waals surface area contributed by atoms with E-state index in [1.165, 1.54) is 0 Å². The number of hydrogen-bond acceptors (Lipinski definition) is 2. The molecule has 0 aromatic rings. The van der Waals surface area contributed by atoms with Crippen LogP contribution in [-0.2, 0) is 0 Å². The fourth-order valence-corrected chi connectivity index (χ4v) is 0.250. The van der Waals surface area contributed by atoms with Gasteiger partial charge in [0.05, 0.1) is 0 Å². The van der Waals surface area contributed by atoms with Crippen molar-refractivity contribution in [3.8, 4) is 0 Å². The Bertz CT molecular complexity index is 12.0. The summed E-state index contributed by atoms with van der Waals surface area (Å²) < 4.78 is 0. The largest absolute Gasteiger partial charge is 0.657 e. The molecule has 2 N–H and O–H groups in total. The molecule has 0 saturated carbocycles. The Kier molecular flexibility index (Phi) is 0.449. The van der Waals surface area contributed by atoms with E-state index in [-0.39, 0.29) is 15.1 Å². The molecule has 0 amide bonds. The minimum absolute atomic E-state index is 0.250. The van der Waals surface area contributed by atoms with Crippen molar-refractivity contribution >= 4 is 15.1 Å². The van der Waals surface area contributed by atoms with Crippen molar-refractivity contribution in [2.75, 3.05) is 0 Å². The summed E-state index contributed by atoms with van der Waals surface area (Å²) in [5, 5.41) is 6.50. The summed E-state index contributed by atoms with van der Waals surface area (Å²) in [6.07, 6.45) is 0. The Balaban J connectivity index is 2.00. The van der Waals surface area contributed by atoms with Crippen molar-refractivity contribution in [1.29, 1.82) is 0 Å². The van der Waals surface area contributed by atoms with Crippen LogP contribution in [-0.4, -0.2) is 15.1 Å². The summed E-state index contributed by atoms with van der Waals surface area (Å²) in [5.41, 5.74) is 0. The smallest absolute Gasteiger partial charge is 0.0206 e. The number of rotatable bonds is 0. The first-order valence-corrected chi connectivity index (χ1v) is 2.00. The van der Waals surface area contributed by atoms with E-state index < -0.39 is 0 Å². The lowest BCUT2D eigenvalue weighted by Crippen LogP contribution is -2.55. The molecule has 24 valence electrons. The third-order valence-corrected chi connectivity index (χ3v) is 1.00. The fourth-order valence-electron chi connectivity index (χ4n) is 0.250. The van der Waals surface area contributed by atoms with Crippen LogP contribution in [0.25, 0.3) is 0 Å². The minimum Gasteiger partial charge on any atom is -0.657 e. The lowest BCUT2D eigenvalue weighted by atomic mass is 9.85. The molecule has 0 bridgehead atoms. The Morgan fingerprint density at radius 1 is 1.00 bits per heavy atom. The van der Waals surface area contributed by atoms with E-state index >= 15 is 0 Å². The first kappa shape index (κ1) is 2.30. The summed E-state index contributed by atoms with van der Waals surface area (Å²) in [6.45, 7) is 0. The molecule has 1 heterocycles. The lowest BCUT2D eigenvalue weighted by molar-refractivity contribution is 1.28. The second-order valence-corrected chi connectivity index (χ2v) is 1.50. The van der Waals surface area contributed by atoms with Crippen LogP contribution in [0.1, 0.15) is 0 Å². The predicted octanol–water partition coefficient (Wildman–Crippen LogP) is -2.82. The maximum atomic E-state index is 3.25. The van der Waals surface area contributed by atoms with Gasteiger partial charge in [0.15, 0.2) is 0 Å². The molecule has 0 aliphatic carbocycles. The lowest BCUT2D eigenvalue weighted by Gasteiger charge is -2.35. The van der Waals surface area contributed by atoms with E-state index in [1.54, 1.807) is 0 Å². The van der Waals surface area contributed by atoms with Gasteiger partial charge in [0, 0.05) is 15.1 Å². The second-order valence-electron chi connectivity index (χ2n) is 1.50. The van der Waals surface area contributed by atoms with Crippen molar-refractivity contribution in [2.24, 2.45) is 0 Å². The van der Waals surface area contributed by atoms with Gasteiger partial charge in [0.2, 0.25) is 0 Å². The average molecular weight is 55.7 g/mol. The first-order valence-electron chi connectivity index (χ1n) is 2.00. The zero-order chi connectivity index (χ0) is 2.83. The Morgan fingerprint density at radius 2 is 1.25 bits per heavy atom. The van der Waals surface area contributed by atoms with Crippen LogP contribution >= 0.6 is 0 Å². The molecule has 0 aromatic carbocycles. The Labute approximate surface area is 26.5 Å². The molecule has 1 fully saturated rings. The third-order valence-electron chi connectivity index (χ3n) is 1.00. The fraction of sp³-hybridized carbons (Fsp3) is 0. The van der Waals surface area contributed by atoms with E-state index in [1.807, 2.05) is 0 Å². The third kappa shape index (κ3) is 0.138. The summed E-state index contributed by atoms with van der Waals surface area (Å²) in [7, 11) is 0.500. The summed E-state index contributed by atoms with van der Waals surface area (Å²) in [4.78, 5) is 0. The van der Waals surface area contributed by atoms with Gasteiger partial charge in [0.25, 0.3) is 0 Å². The molecule has 4 heteroatoms. The Morgan fingerprint density at radius 3 is 1.25 bits per heavy atom. The summed E-state index contributed by atoms with van der Waals surface area (Å²) >= 11 is 0. The average Bonchev–Trinajstić information content (AvgIpc) is 0.722.